The van der Waals surface area contributed by atoms with Crippen LogP contribution >= 0.6 is 15.9 Å². The summed E-state index contributed by atoms with van der Waals surface area (Å²) < 4.78 is 13.7. The number of hydrogen-bond acceptors (Lipinski definition) is 2. The van der Waals surface area contributed by atoms with E-state index in [4.69, 9.17) is 5.11 Å². The van der Waals surface area contributed by atoms with Crippen molar-refractivity contribution in [1.29, 1.82) is 0 Å². The highest BCUT2D eigenvalue weighted by molar-refractivity contribution is 9.10. The van der Waals surface area contributed by atoms with Gasteiger partial charge < -0.3 is 10.0 Å². The lowest BCUT2D eigenvalue weighted by molar-refractivity contribution is -0.137. The van der Waals surface area contributed by atoms with E-state index in [1.807, 2.05) is 0 Å². The lowest BCUT2D eigenvalue weighted by Crippen LogP contribution is -2.32. The van der Waals surface area contributed by atoms with Crippen molar-refractivity contribution < 1.29 is 19.1 Å². The van der Waals surface area contributed by atoms with Crippen LogP contribution < -0.4 is 0 Å². The van der Waals surface area contributed by atoms with E-state index in [-0.39, 0.29) is 5.56 Å². The molecule has 0 aliphatic carbocycles. The van der Waals surface area contributed by atoms with Crippen molar-refractivity contribution in [3.8, 4) is 0 Å². The van der Waals surface area contributed by atoms with Crippen LogP contribution in [0.25, 0.3) is 0 Å². The number of nitrogens with zero attached hydrogens (tertiary/aromatic N) is 1. The fourth-order valence-corrected chi connectivity index (χ4v) is 1.68. The first-order chi connectivity index (χ1) is 7.43. The van der Waals surface area contributed by atoms with Crippen LogP contribution in [0.4, 0.5) is 4.39 Å². The Balaban J connectivity index is 3.00. The number of amides is 1. The van der Waals surface area contributed by atoms with E-state index in [0.29, 0.717) is 4.47 Å². The van der Waals surface area contributed by atoms with Gasteiger partial charge in [-0.05, 0) is 28.1 Å². The van der Waals surface area contributed by atoms with Gasteiger partial charge in [0.05, 0.1) is 5.56 Å². The van der Waals surface area contributed by atoms with Gasteiger partial charge in [-0.15, -0.1) is 0 Å². The second kappa shape index (κ2) is 5.07. The molecule has 0 saturated carbocycles. The van der Waals surface area contributed by atoms with Gasteiger partial charge in [0.25, 0.3) is 5.91 Å². The van der Waals surface area contributed by atoms with Gasteiger partial charge >= 0.3 is 5.97 Å². The SMILES string of the molecule is CN(CC(=O)O)C(=O)c1c(F)cccc1Br. The van der Waals surface area contributed by atoms with Crippen molar-refractivity contribution in [2.24, 2.45) is 0 Å². The Labute approximate surface area is 99.8 Å². The van der Waals surface area contributed by atoms with Crippen LogP contribution in [0.2, 0.25) is 0 Å². The topological polar surface area (TPSA) is 57.6 Å². The molecule has 0 aliphatic rings. The summed E-state index contributed by atoms with van der Waals surface area (Å²) in [4.78, 5) is 23.1. The zero-order valence-electron chi connectivity index (χ0n) is 8.41. The predicted molar refractivity (Wildman–Crippen MR) is 58.7 cm³/mol. The average molecular weight is 290 g/mol. The zero-order chi connectivity index (χ0) is 12.3. The molecule has 0 atom stereocenters. The molecule has 0 aromatic heterocycles. The lowest BCUT2D eigenvalue weighted by Gasteiger charge is -2.15. The van der Waals surface area contributed by atoms with Gasteiger partial charge in [-0.2, -0.15) is 0 Å². The Morgan fingerprint density at radius 2 is 2.12 bits per heavy atom. The van der Waals surface area contributed by atoms with Crippen molar-refractivity contribution in [2.75, 3.05) is 13.6 Å². The molecule has 0 bridgehead atoms. The fraction of sp³-hybridized carbons (Fsp3) is 0.200. The van der Waals surface area contributed by atoms with Crippen molar-refractivity contribution in [3.63, 3.8) is 0 Å². The summed E-state index contributed by atoms with van der Waals surface area (Å²) in [7, 11) is 1.30. The molecule has 86 valence electrons. The van der Waals surface area contributed by atoms with Gasteiger partial charge in [-0.25, -0.2) is 4.39 Å². The Morgan fingerprint density at radius 1 is 1.50 bits per heavy atom. The van der Waals surface area contributed by atoms with Crippen molar-refractivity contribution in [3.05, 3.63) is 34.1 Å². The van der Waals surface area contributed by atoms with Crippen LogP contribution in [-0.2, 0) is 4.79 Å². The molecule has 1 aromatic carbocycles. The number of hydrogen-bond donors (Lipinski definition) is 1. The highest BCUT2D eigenvalue weighted by atomic mass is 79.9. The van der Waals surface area contributed by atoms with Crippen molar-refractivity contribution >= 4 is 27.8 Å². The monoisotopic (exact) mass is 289 g/mol. The van der Waals surface area contributed by atoms with E-state index in [2.05, 4.69) is 15.9 Å². The maximum Gasteiger partial charge on any atom is 0.323 e. The van der Waals surface area contributed by atoms with Crippen LogP contribution in [0, 0.1) is 5.82 Å². The molecule has 0 saturated heterocycles. The third kappa shape index (κ3) is 2.79. The first kappa shape index (κ1) is 12.6. The summed E-state index contributed by atoms with van der Waals surface area (Å²) in [5.74, 6) is -2.51. The van der Waals surface area contributed by atoms with Gasteiger partial charge in [0.15, 0.2) is 0 Å². The van der Waals surface area contributed by atoms with Gasteiger partial charge in [0, 0.05) is 11.5 Å². The molecule has 0 unspecified atom stereocenters. The standard InChI is InChI=1S/C10H9BrFNO3/c1-13(5-8(14)15)10(16)9-6(11)3-2-4-7(9)12/h2-4H,5H2,1H3,(H,14,15). The maximum atomic E-state index is 13.4. The minimum atomic E-state index is -1.15. The molecule has 0 heterocycles. The summed E-state index contributed by atoms with van der Waals surface area (Å²) in [6.45, 7) is -0.473. The number of carboxylic acids is 1. The van der Waals surface area contributed by atoms with E-state index < -0.39 is 24.2 Å². The summed E-state index contributed by atoms with van der Waals surface area (Å²) >= 11 is 3.05. The largest absolute Gasteiger partial charge is 0.480 e. The number of carbonyl (C=O) groups excluding carboxylic acids is 1. The molecule has 1 rings (SSSR count). The van der Waals surface area contributed by atoms with Crippen LogP contribution in [0.5, 0.6) is 0 Å². The summed E-state index contributed by atoms with van der Waals surface area (Å²) in [6.07, 6.45) is 0. The Hall–Kier alpha value is -1.43. The summed E-state index contributed by atoms with van der Waals surface area (Å²) in [5, 5.41) is 8.52. The first-order valence-electron chi connectivity index (χ1n) is 4.34. The lowest BCUT2D eigenvalue weighted by atomic mass is 10.2. The first-order valence-corrected chi connectivity index (χ1v) is 5.14. The van der Waals surface area contributed by atoms with Gasteiger partial charge in [0.2, 0.25) is 0 Å². The third-order valence-corrected chi connectivity index (χ3v) is 2.56. The fourth-order valence-electron chi connectivity index (χ4n) is 1.17. The number of rotatable bonds is 3. The molecular formula is C10H9BrFNO3. The van der Waals surface area contributed by atoms with Crippen LogP contribution in [0.3, 0.4) is 0 Å². The van der Waals surface area contributed by atoms with Crippen molar-refractivity contribution in [1.82, 2.24) is 4.90 Å². The normalized spacial score (nSPS) is 9.94. The quantitative estimate of drug-likeness (QED) is 0.922. The van der Waals surface area contributed by atoms with Crippen LogP contribution in [0.1, 0.15) is 10.4 Å². The van der Waals surface area contributed by atoms with Crippen molar-refractivity contribution in [2.45, 2.75) is 0 Å². The summed E-state index contributed by atoms with van der Waals surface area (Å²) in [6, 6.07) is 4.12. The molecule has 6 heteroatoms. The number of carboxylic acid groups (broad SMARTS) is 1. The van der Waals surface area contributed by atoms with E-state index in [1.54, 1.807) is 0 Å². The Bertz CT molecular complexity index is 416. The molecular weight excluding hydrogens is 281 g/mol. The number of aliphatic carboxylic acids is 1. The molecule has 0 aliphatic heterocycles. The molecule has 4 nitrogen and oxygen atoms in total. The van der Waals surface area contributed by atoms with Gasteiger partial charge in [-0.1, -0.05) is 6.07 Å². The zero-order valence-corrected chi connectivity index (χ0v) is 9.99. The maximum absolute atomic E-state index is 13.4. The highest BCUT2D eigenvalue weighted by Gasteiger charge is 2.20. The smallest absolute Gasteiger partial charge is 0.323 e. The number of halogens is 2. The molecule has 0 radical (unpaired) electrons. The molecule has 1 aromatic rings. The molecule has 0 spiro atoms. The average Bonchev–Trinajstić information content (AvgIpc) is 2.16. The third-order valence-electron chi connectivity index (χ3n) is 1.90. The minimum absolute atomic E-state index is 0.161. The van der Waals surface area contributed by atoms with E-state index >= 15 is 0 Å². The van der Waals surface area contributed by atoms with E-state index in [1.165, 1.54) is 19.2 Å². The highest BCUT2D eigenvalue weighted by Crippen LogP contribution is 2.20. The molecule has 0 fully saturated rings. The van der Waals surface area contributed by atoms with Gasteiger partial charge in [-0.3, -0.25) is 9.59 Å². The van der Waals surface area contributed by atoms with E-state index in [0.717, 1.165) is 11.0 Å². The van der Waals surface area contributed by atoms with Crippen LogP contribution in [-0.4, -0.2) is 35.5 Å². The second-order valence-corrected chi connectivity index (χ2v) is 4.01. The molecule has 16 heavy (non-hydrogen) atoms. The molecule has 1 N–H and O–H groups in total. The number of carbonyl (C=O) groups is 2. The minimum Gasteiger partial charge on any atom is -0.480 e. The summed E-state index contributed by atoms with van der Waals surface area (Å²) in [5.41, 5.74) is -0.161. The second-order valence-electron chi connectivity index (χ2n) is 3.15. The Kier molecular flexibility index (Phi) is 4.00. The van der Waals surface area contributed by atoms with E-state index in [9.17, 15) is 14.0 Å². The molecule has 1 amide bonds. The predicted octanol–water partition coefficient (Wildman–Crippen LogP) is 1.74. The number of likely N-dealkylation sites (N-methyl/N-ethyl adjacent to an activating group) is 1. The number of benzene rings is 1. The Morgan fingerprint density at radius 3 is 2.62 bits per heavy atom. The van der Waals surface area contributed by atoms with Crippen LogP contribution in [0.15, 0.2) is 22.7 Å². The van der Waals surface area contributed by atoms with Gasteiger partial charge in [0.1, 0.15) is 12.4 Å².